The summed E-state index contributed by atoms with van der Waals surface area (Å²) in [6.07, 6.45) is 2.76. The predicted molar refractivity (Wildman–Crippen MR) is 147 cm³/mol. The van der Waals surface area contributed by atoms with Gasteiger partial charge in [0, 0.05) is 55.0 Å². The average Bonchev–Trinajstić information content (AvgIpc) is 3.38. The first kappa shape index (κ1) is 25.4. The number of fused-ring (bicyclic) bond motifs is 1. The van der Waals surface area contributed by atoms with Crippen molar-refractivity contribution >= 4 is 40.0 Å². The molecule has 0 radical (unpaired) electrons. The highest BCUT2D eigenvalue weighted by Crippen LogP contribution is 2.39. The molecule has 4 aromatic rings. The van der Waals surface area contributed by atoms with Gasteiger partial charge in [0.2, 0.25) is 5.91 Å². The van der Waals surface area contributed by atoms with Crippen molar-refractivity contribution in [3.8, 4) is 0 Å². The van der Waals surface area contributed by atoms with Gasteiger partial charge in [-0.2, -0.15) is 0 Å². The molecular weight excluding hydrogens is 522 g/mol. The normalized spacial score (nSPS) is 17.0. The largest absolute Gasteiger partial charge is 0.342 e. The molecule has 2 saturated heterocycles. The fraction of sp³-hybridized carbons (Fsp3) is 0.267. The van der Waals surface area contributed by atoms with Gasteiger partial charge in [-0.3, -0.25) is 9.59 Å². The van der Waals surface area contributed by atoms with E-state index in [4.69, 9.17) is 11.6 Å². The van der Waals surface area contributed by atoms with E-state index in [9.17, 15) is 18.4 Å². The summed E-state index contributed by atoms with van der Waals surface area (Å²) in [7, 11) is 1.81. The first-order valence-electron chi connectivity index (χ1n) is 12.9. The van der Waals surface area contributed by atoms with E-state index >= 15 is 0 Å². The second-order valence-electron chi connectivity index (χ2n) is 10.3. The van der Waals surface area contributed by atoms with E-state index in [0.29, 0.717) is 59.7 Å². The van der Waals surface area contributed by atoms with Crippen LogP contribution in [0, 0.1) is 11.6 Å². The summed E-state index contributed by atoms with van der Waals surface area (Å²) < 4.78 is 29.5. The Hall–Kier alpha value is -3.91. The van der Waals surface area contributed by atoms with Gasteiger partial charge in [-0.05, 0) is 54.8 Å². The lowest BCUT2D eigenvalue weighted by molar-refractivity contribution is -0.132. The molecule has 0 bridgehead atoms. The Balaban J connectivity index is 1.28. The summed E-state index contributed by atoms with van der Waals surface area (Å²) in [4.78, 5) is 32.9. The number of hydrogen-bond donors (Lipinski definition) is 0. The van der Waals surface area contributed by atoms with Crippen LogP contribution in [0.25, 0.3) is 10.9 Å². The van der Waals surface area contributed by atoms with Crippen LogP contribution in [0.15, 0.2) is 72.9 Å². The number of para-hydroxylation sites is 1. The molecule has 6 nitrogen and oxygen atoms in total. The second kappa shape index (κ2) is 9.68. The topological polar surface area (TPSA) is 48.8 Å². The number of amides is 2. The van der Waals surface area contributed by atoms with Crippen LogP contribution in [0.5, 0.6) is 0 Å². The number of carbonyl (C=O) groups excluding carboxylic acids is 2. The quantitative estimate of drug-likeness (QED) is 0.337. The molecular formula is C30H27ClF2N4O2. The molecule has 2 aliphatic rings. The van der Waals surface area contributed by atoms with Crippen LogP contribution in [0.3, 0.4) is 0 Å². The van der Waals surface area contributed by atoms with Crippen LogP contribution in [0.1, 0.15) is 28.8 Å². The molecule has 39 heavy (non-hydrogen) atoms. The van der Waals surface area contributed by atoms with Crippen LogP contribution in [0.2, 0.25) is 5.02 Å². The third kappa shape index (κ3) is 4.42. The Labute approximate surface area is 230 Å². The molecule has 2 amide bonds. The van der Waals surface area contributed by atoms with Crippen molar-refractivity contribution in [2.45, 2.75) is 24.9 Å². The molecule has 9 heteroatoms. The van der Waals surface area contributed by atoms with Gasteiger partial charge in [0.05, 0.1) is 17.7 Å². The minimum absolute atomic E-state index is 0.0759. The third-order valence-corrected chi connectivity index (χ3v) is 8.15. The van der Waals surface area contributed by atoms with Gasteiger partial charge < -0.3 is 19.3 Å². The zero-order chi connectivity index (χ0) is 27.3. The fourth-order valence-corrected chi connectivity index (χ4v) is 6.18. The standard InChI is InChI=1S/C30H27ClF2N4O2/c1-34-19-37(24-5-3-2-4-6-24)30(29(34)39)9-11-35(12-10-30)28(38)26-18-36(27-15-21(31)7-8-25(26)27)17-20-13-22(32)16-23(33)14-20/h2-8,13-16,18H,9-12,17,19H2,1H3. The molecule has 0 saturated carbocycles. The number of anilines is 1. The summed E-state index contributed by atoms with van der Waals surface area (Å²) >= 11 is 6.27. The molecule has 3 heterocycles. The zero-order valence-corrected chi connectivity index (χ0v) is 22.2. The van der Waals surface area contributed by atoms with E-state index in [0.717, 1.165) is 11.8 Å². The number of benzene rings is 3. The number of aromatic nitrogens is 1. The van der Waals surface area contributed by atoms with Crippen LogP contribution >= 0.6 is 11.6 Å². The van der Waals surface area contributed by atoms with Crippen LogP contribution in [-0.2, 0) is 11.3 Å². The first-order valence-corrected chi connectivity index (χ1v) is 13.2. The van der Waals surface area contributed by atoms with Crippen LogP contribution in [0.4, 0.5) is 14.5 Å². The zero-order valence-electron chi connectivity index (χ0n) is 21.4. The Morgan fingerprint density at radius 3 is 2.36 bits per heavy atom. The van der Waals surface area contributed by atoms with E-state index in [1.807, 2.05) is 37.4 Å². The van der Waals surface area contributed by atoms with Crippen molar-refractivity contribution in [3.63, 3.8) is 0 Å². The number of nitrogens with zero attached hydrogens (tertiary/aromatic N) is 4. The van der Waals surface area contributed by atoms with Crippen molar-refractivity contribution in [2.24, 2.45) is 0 Å². The molecule has 0 atom stereocenters. The van der Waals surface area contributed by atoms with Crippen molar-refractivity contribution in [2.75, 3.05) is 31.7 Å². The van der Waals surface area contributed by atoms with Crippen molar-refractivity contribution in [3.05, 3.63) is 101 Å². The second-order valence-corrected chi connectivity index (χ2v) is 10.8. The summed E-state index contributed by atoms with van der Waals surface area (Å²) in [5.74, 6) is -1.39. The molecule has 0 N–H and O–H groups in total. The highest BCUT2D eigenvalue weighted by molar-refractivity contribution is 6.31. The minimum atomic E-state index is -0.685. The molecule has 2 aliphatic heterocycles. The Kier molecular flexibility index (Phi) is 6.30. The lowest BCUT2D eigenvalue weighted by Gasteiger charge is -2.43. The van der Waals surface area contributed by atoms with E-state index in [-0.39, 0.29) is 18.4 Å². The SMILES string of the molecule is CN1CN(c2ccccc2)C2(CCN(C(=O)c3cn(Cc4cc(F)cc(F)c4)c4cc(Cl)ccc34)CC2)C1=O. The smallest absolute Gasteiger partial charge is 0.256 e. The van der Waals surface area contributed by atoms with Gasteiger partial charge in [-0.15, -0.1) is 0 Å². The third-order valence-electron chi connectivity index (χ3n) is 7.91. The summed E-state index contributed by atoms with van der Waals surface area (Å²) in [5, 5.41) is 1.21. The number of carbonyl (C=O) groups is 2. The maximum absolute atomic E-state index is 13.8. The molecule has 3 aromatic carbocycles. The first-order chi connectivity index (χ1) is 18.7. The van der Waals surface area contributed by atoms with Gasteiger partial charge in [-0.1, -0.05) is 35.9 Å². The highest BCUT2D eigenvalue weighted by Gasteiger charge is 2.53. The van der Waals surface area contributed by atoms with Crippen molar-refractivity contribution < 1.29 is 18.4 Å². The highest BCUT2D eigenvalue weighted by atomic mass is 35.5. The van der Waals surface area contributed by atoms with E-state index < -0.39 is 17.2 Å². The molecule has 1 aromatic heterocycles. The number of hydrogen-bond acceptors (Lipinski definition) is 3. The maximum Gasteiger partial charge on any atom is 0.256 e. The number of piperidine rings is 1. The Morgan fingerprint density at radius 1 is 0.974 bits per heavy atom. The van der Waals surface area contributed by atoms with Gasteiger partial charge in [0.1, 0.15) is 17.2 Å². The molecule has 200 valence electrons. The van der Waals surface area contributed by atoms with E-state index in [1.54, 1.807) is 38.8 Å². The van der Waals surface area contributed by atoms with E-state index in [2.05, 4.69) is 4.90 Å². The minimum Gasteiger partial charge on any atom is -0.342 e. The maximum atomic E-state index is 13.8. The van der Waals surface area contributed by atoms with Crippen LogP contribution in [-0.4, -0.2) is 58.5 Å². The fourth-order valence-electron chi connectivity index (χ4n) is 6.02. The number of likely N-dealkylation sites (tertiary alicyclic amines) is 1. The van der Waals surface area contributed by atoms with Crippen molar-refractivity contribution in [1.29, 1.82) is 0 Å². The van der Waals surface area contributed by atoms with Crippen LogP contribution < -0.4 is 4.90 Å². The van der Waals surface area contributed by atoms with E-state index in [1.165, 1.54) is 12.1 Å². The monoisotopic (exact) mass is 548 g/mol. The predicted octanol–water partition coefficient (Wildman–Crippen LogP) is 5.53. The lowest BCUT2D eigenvalue weighted by Crippen LogP contribution is -2.57. The lowest BCUT2D eigenvalue weighted by atomic mass is 9.85. The summed E-state index contributed by atoms with van der Waals surface area (Å²) in [5.41, 5.74) is 1.93. The average molecular weight is 549 g/mol. The van der Waals surface area contributed by atoms with Crippen molar-refractivity contribution in [1.82, 2.24) is 14.4 Å². The Bertz CT molecular complexity index is 1560. The van der Waals surface area contributed by atoms with Gasteiger partial charge in [0.25, 0.3) is 5.91 Å². The number of likely N-dealkylation sites (N-methyl/N-ethyl adjacent to an activating group) is 1. The number of rotatable bonds is 4. The molecule has 2 fully saturated rings. The van der Waals surface area contributed by atoms with Gasteiger partial charge in [-0.25, -0.2) is 8.78 Å². The molecule has 0 unspecified atom stereocenters. The summed E-state index contributed by atoms with van der Waals surface area (Å²) in [6.45, 7) is 1.54. The van der Waals surface area contributed by atoms with Gasteiger partial charge >= 0.3 is 0 Å². The number of halogens is 3. The summed E-state index contributed by atoms with van der Waals surface area (Å²) in [6, 6.07) is 18.6. The molecule has 0 aliphatic carbocycles. The Morgan fingerprint density at radius 2 is 1.67 bits per heavy atom. The molecule has 6 rings (SSSR count). The molecule has 1 spiro atoms. The van der Waals surface area contributed by atoms with Gasteiger partial charge in [0.15, 0.2) is 0 Å².